The summed E-state index contributed by atoms with van der Waals surface area (Å²) in [5.74, 6) is -0.181. The van der Waals surface area contributed by atoms with Crippen molar-refractivity contribution in [2.75, 3.05) is 56.9 Å². The molecule has 0 heterocycles. The van der Waals surface area contributed by atoms with E-state index in [1.165, 1.54) is 87.1 Å². The van der Waals surface area contributed by atoms with Gasteiger partial charge < -0.3 is 99.9 Å². The van der Waals surface area contributed by atoms with Gasteiger partial charge in [0.05, 0.1) is 90.1 Å². The number of aliphatic hydroxyl groups excluding tert-OH is 1. The summed E-state index contributed by atoms with van der Waals surface area (Å²) < 4.78 is 29.6. The van der Waals surface area contributed by atoms with Crippen LogP contribution in [0.4, 0.5) is 0 Å². The molecule has 4 radical (unpaired) electrons. The Labute approximate surface area is 510 Å². The molecule has 448 valence electrons. The normalized spacial score (nSPS) is 9.73. The van der Waals surface area contributed by atoms with Crippen molar-refractivity contribution in [3.63, 3.8) is 0 Å². The minimum Gasteiger partial charge on any atom is -0.870 e. The monoisotopic (exact) mass is 1320 g/mol. The third kappa shape index (κ3) is 30.0. The van der Waals surface area contributed by atoms with Gasteiger partial charge in [0.1, 0.15) is 41.6 Å². The molecule has 0 aromatic heterocycles. The molecule has 6 aromatic carbocycles. The molecule has 0 aliphatic rings. The number of rotatable bonds is 15. The van der Waals surface area contributed by atoms with E-state index in [-0.39, 0.29) is 136 Å². The van der Waals surface area contributed by atoms with Crippen LogP contribution in [0.15, 0.2) is 140 Å². The van der Waals surface area contributed by atoms with Gasteiger partial charge in [0, 0.05) is 23.9 Å². The summed E-state index contributed by atoms with van der Waals surface area (Å²) in [7, 11) is 10.8. The Bertz CT molecular complexity index is 2480. The summed E-state index contributed by atoms with van der Waals surface area (Å²) in [6, 6.07) is 29.2. The summed E-state index contributed by atoms with van der Waals surface area (Å²) in [6.45, 7) is 0. The summed E-state index contributed by atoms with van der Waals surface area (Å²) in [4.78, 5) is 16.5. The van der Waals surface area contributed by atoms with E-state index in [0.717, 1.165) is 7.11 Å². The Morgan fingerprint density at radius 3 is 0.549 bits per heavy atom. The van der Waals surface area contributed by atoms with Crippen LogP contribution in [0.3, 0.4) is 0 Å². The second-order valence-electron chi connectivity index (χ2n) is 13.2. The standard InChI is InChI=1S/3C16H16N2O4.2CH4O.4Co.2NO3/c3*1-21-13-7-3-5-11(15(13)19)9-17-18-10-12-6-4-8-14(22-2)16(12)20;2*1-2;;;;;2*2-1(3)4/h3*3-10,19-20H,1-2H3;2*2H,1H3;;;;;;/q;;;;;;3*+2;2*-1/p-5/b3*17-9+,18-10+;;;;;;;;. The van der Waals surface area contributed by atoms with Crippen molar-refractivity contribution in [3.05, 3.63) is 173 Å². The fourth-order valence-electron chi connectivity index (χ4n) is 5.34. The smallest absolute Gasteiger partial charge is 0.870 e. The van der Waals surface area contributed by atoms with Crippen LogP contribution in [-0.4, -0.2) is 115 Å². The summed E-state index contributed by atoms with van der Waals surface area (Å²) in [6.07, 6.45) is 7.87. The molecule has 28 nitrogen and oxygen atoms in total. The molecule has 0 bridgehead atoms. The summed E-state index contributed by atoms with van der Waals surface area (Å²) in [5.41, 5.74) is 2.11. The first-order valence-corrected chi connectivity index (χ1v) is 21.3. The first-order valence-electron chi connectivity index (χ1n) is 21.3. The van der Waals surface area contributed by atoms with Crippen LogP contribution in [0.5, 0.6) is 69.0 Å². The van der Waals surface area contributed by atoms with E-state index < -0.39 is 10.2 Å². The molecule has 0 saturated heterocycles. The molecule has 6 aromatic rings. The minimum atomic E-state index is -1.75. The van der Waals surface area contributed by atoms with Crippen molar-refractivity contribution in [2.24, 2.45) is 30.6 Å². The molecular weight excluding hydrogens is 1270 g/mol. The average molecular weight is 1320 g/mol. The quantitative estimate of drug-likeness (QED) is 0.0667. The van der Waals surface area contributed by atoms with E-state index in [4.69, 9.17) is 69.3 Å². The van der Waals surface area contributed by atoms with Gasteiger partial charge in [-0.05, 0) is 69.8 Å². The predicted octanol–water partition coefficient (Wildman–Crippen LogP) is 2.37. The van der Waals surface area contributed by atoms with Gasteiger partial charge in [-0.1, -0.05) is 107 Å². The third-order valence-corrected chi connectivity index (χ3v) is 8.76. The van der Waals surface area contributed by atoms with Gasteiger partial charge in [-0.2, -0.15) is 30.6 Å². The molecule has 0 spiro atoms. The summed E-state index contributed by atoms with van der Waals surface area (Å²) in [5, 5.41) is 136. The SMILES string of the molecule is CO.COc1cccc(/C=N/N=C/c2cccc(OC)c2[O-])c1[O-].COc1cccc(/C=N/N=C/c2cccc(OC)c2[O-])c1[O-].COc1cccc(/C=N/N=C/c2cccc(OC)c2[O-])c1[O-].C[OH2+].O=[N+]([O-])[O-].O=[N+]([O-])[O-].[Co+2].[Co+2].[Co+2].[Co]. The maximum atomic E-state index is 11.9. The van der Waals surface area contributed by atoms with Gasteiger partial charge in [0.2, 0.25) is 0 Å². The van der Waals surface area contributed by atoms with Crippen LogP contribution < -0.4 is 59.1 Å². The molecular formula is C50H51Co4N8O20-. The fourth-order valence-corrected chi connectivity index (χ4v) is 5.34. The van der Waals surface area contributed by atoms with Gasteiger partial charge in [-0.3, -0.25) is 0 Å². The number of benzene rings is 6. The zero-order valence-corrected chi connectivity index (χ0v) is 48.2. The van der Waals surface area contributed by atoms with Crippen LogP contribution in [0.2, 0.25) is 0 Å². The van der Waals surface area contributed by atoms with E-state index in [1.54, 1.807) is 109 Å². The van der Waals surface area contributed by atoms with Crippen molar-refractivity contribution in [2.45, 2.75) is 0 Å². The molecule has 0 amide bonds. The third-order valence-electron chi connectivity index (χ3n) is 8.76. The van der Waals surface area contributed by atoms with E-state index in [1.807, 2.05) is 0 Å². The van der Waals surface area contributed by atoms with Gasteiger partial charge in [0.25, 0.3) is 0 Å². The molecule has 0 fully saturated rings. The summed E-state index contributed by atoms with van der Waals surface area (Å²) >= 11 is 0. The first kappa shape index (κ1) is 82.1. The minimum absolute atomic E-state index is 0. The number of para-hydroxylation sites is 6. The molecule has 0 aliphatic heterocycles. The zero-order valence-electron chi connectivity index (χ0n) is 44.1. The van der Waals surface area contributed by atoms with E-state index in [9.17, 15) is 30.6 Å². The second-order valence-corrected chi connectivity index (χ2v) is 13.2. The van der Waals surface area contributed by atoms with E-state index in [2.05, 4.69) is 30.6 Å². The van der Waals surface area contributed by atoms with Crippen LogP contribution in [0.25, 0.3) is 0 Å². The average Bonchev–Trinajstić information content (AvgIpc) is 3.43. The van der Waals surface area contributed by atoms with Crippen LogP contribution >= 0.6 is 0 Å². The second kappa shape index (κ2) is 48.2. The molecule has 0 aliphatic carbocycles. The Morgan fingerprint density at radius 1 is 0.341 bits per heavy atom. The molecule has 32 heteroatoms. The molecule has 3 N–H and O–H groups in total. The largest absolute Gasteiger partial charge is 2.00 e. The van der Waals surface area contributed by atoms with E-state index >= 15 is 0 Å². The van der Waals surface area contributed by atoms with Crippen molar-refractivity contribution in [1.29, 1.82) is 0 Å². The maximum Gasteiger partial charge on any atom is 2.00 e. The number of hydrogen-bond acceptors (Lipinski definition) is 25. The molecule has 6 rings (SSSR count). The molecule has 0 atom stereocenters. The predicted molar refractivity (Wildman–Crippen MR) is 279 cm³/mol. The topological polar surface area (TPSA) is 443 Å². The number of ether oxygens (including phenoxy) is 6. The molecule has 0 saturated carbocycles. The van der Waals surface area contributed by atoms with Crippen molar-refractivity contribution in [1.82, 2.24) is 0 Å². The number of hydrogen-bond donors (Lipinski definition) is 1. The molecule has 82 heavy (non-hydrogen) atoms. The van der Waals surface area contributed by atoms with Crippen molar-refractivity contribution in [3.8, 4) is 69.0 Å². The zero-order chi connectivity index (χ0) is 59.0. The van der Waals surface area contributed by atoms with Gasteiger partial charge in [0.15, 0.2) is 0 Å². The van der Waals surface area contributed by atoms with Crippen LogP contribution in [-0.2, 0) is 67.1 Å². The van der Waals surface area contributed by atoms with Crippen molar-refractivity contribution >= 4 is 37.3 Å². The number of nitrogens with zero attached hydrogens (tertiary/aromatic N) is 8. The van der Waals surface area contributed by atoms with Gasteiger partial charge in [-0.25, -0.2) is 0 Å². The van der Waals surface area contributed by atoms with E-state index in [0.29, 0.717) is 33.4 Å². The Morgan fingerprint density at radius 2 is 0.451 bits per heavy atom. The van der Waals surface area contributed by atoms with Crippen LogP contribution in [0, 0.1) is 30.6 Å². The maximum absolute atomic E-state index is 11.9. The fraction of sp³-hybridized carbons (Fsp3) is 0.160. The Hall–Kier alpha value is -8.71. The van der Waals surface area contributed by atoms with Crippen LogP contribution in [0.1, 0.15) is 33.4 Å². The van der Waals surface area contributed by atoms with Crippen molar-refractivity contribution < 1.29 is 147 Å². The molecule has 0 unspecified atom stereocenters. The number of methoxy groups -OCH3 is 6. The number of aliphatic hydroxyl groups is 1. The first-order chi connectivity index (χ1) is 37.5. The van der Waals surface area contributed by atoms with Gasteiger partial charge >= 0.3 is 50.3 Å². The van der Waals surface area contributed by atoms with Gasteiger partial charge in [-0.15, -0.1) is 0 Å². The Kier molecular flexibility index (Phi) is 48.3. The Balaban J connectivity index is -0.000000321.